The Kier molecular flexibility index (Phi) is 5.71. The number of hydrogen-bond acceptors (Lipinski definition) is 5. The number of carbonyl (C=O) groups is 1. The molecule has 0 aromatic heterocycles. The van der Waals surface area contributed by atoms with Crippen LogP contribution in [0.4, 0.5) is 11.4 Å². The molecule has 130 valence electrons. The van der Waals surface area contributed by atoms with Crippen molar-refractivity contribution in [3.8, 4) is 0 Å². The molecule has 1 amide bonds. The van der Waals surface area contributed by atoms with Crippen molar-refractivity contribution in [1.82, 2.24) is 4.90 Å². The number of benzene rings is 1. The largest absolute Gasteiger partial charge is 0.336 e. The van der Waals surface area contributed by atoms with Gasteiger partial charge in [0, 0.05) is 24.7 Å². The lowest BCUT2D eigenvalue weighted by molar-refractivity contribution is -0.393. The molecule has 1 aliphatic carbocycles. The van der Waals surface area contributed by atoms with E-state index in [2.05, 4.69) is 0 Å². The van der Waals surface area contributed by atoms with Crippen molar-refractivity contribution in [2.45, 2.75) is 45.1 Å². The Hall–Kier alpha value is -2.22. The smallest absolute Gasteiger partial charge is 0.295 e. The van der Waals surface area contributed by atoms with Crippen LogP contribution < -0.4 is 0 Å². The number of carbonyl (C=O) groups excluding carboxylic acids is 1. The van der Waals surface area contributed by atoms with E-state index in [9.17, 15) is 25.0 Å². The van der Waals surface area contributed by atoms with Crippen LogP contribution in [-0.2, 0) is 0 Å². The van der Waals surface area contributed by atoms with Gasteiger partial charge in [0.25, 0.3) is 17.3 Å². The molecule has 1 saturated carbocycles. The van der Waals surface area contributed by atoms with E-state index in [0.29, 0.717) is 6.54 Å². The second kappa shape index (κ2) is 7.57. The highest BCUT2D eigenvalue weighted by Gasteiger charge is 2.31. The second-order valence-corrected chi connectivity index (χ2v) is 6.10. The second-order valence-electron chi connectivity index (χ2n) is 5.73. The van der Waals surface area contributed by atoms with E-state index in [4.69, 9.17) is 11.6 Å². The predicted octanol–water partition coefficient (Wildman–Crippen LogP) is 3.95. The van der Waals surface area contributed by atoms with Crippen molar-refractivity contribution in [1.29, 1.82) is 0 Å². The van der Waals surface area contributed by atoms with Gasteiger partial charge in [-0.2, -0.15) is 0 Å². The molecular formula is C15H18ClN3O5. The number of nitro groups is 2. The van der Waals surface area contributed by atoms with E-state index < -0.39 is 32.2 Å². The first-order chi connectivity index (χ1) is 11.4. The summed E-state index contributed by atoms with van der Waals surface area (Å²) >= 11 is 5.73. The summed E-state index contributed by atoms with van der Waals surface area (Å²) in [6.45, 7) is 2.26. The number of rotatable bonds is 5. The lowest BCUT2D eigenvalue weighted by atomic mass is 9.93. The highest BCUT2D eigenvalue weighted by molar-refractivity contribution is 6.35. The standard InChI is InChI=1S/C15H18ClN3O5/c1-2-17(11-6-4-3-5-7-11)15(20)10-8-12(18(21)22)14(16)13(9-10)19(23)24/h8-9,11H,2-7H2,1H3. The van der Waals surface area contributed by atoms with Gasteiger partial charge in [-0.15, -0.1) is 0 Å². The van der Waals surface area contributed by atoms with Crippen molar-refractivity contribution in [3.63, 3.8) is 0 Å². The van der Waals surface area contributed by atoms with E-state index in [1.165, 1.54) is 0 Å². The lowest BCUT2D eigenvalue weighted by Crippen LogP contribution is -2.41. The van der Waals surface area contributed by atoms with Gasteiger partial charge in [-0.25, -0.2) is 0 Å². The van der Waals surface area contributed by atoms with Crippen LogP contribution in [-0.4, -0.2) is 33.2 Å². The minimum atomic E-state index is -0.816. The topological polar surface area (TPSA) is 107 Å². The molecule has 0 aliphatic heterocycles. The van der Waals surface area contributed by atoms with Crippen LogP contribution in [0.25, 0.3) is 0 Å². The van der Waals surface area contributed by atoms with Crippen LogP contribution >= 0.6 is 11.6 Å². The third kappa shape index (κ3) is 3.64. The Morgan fingerprint density at radius 2 is 1.67 bits per heavy atom. The molecule has 0 spiro atoms. The molecule has 1 aromatic carbocycles. The summed E-state index contributed by atoms with van der Waals surface area (Å²) in [5.74, 6) is -0.438. The summed E-state index contributed by atoms with van der Waals surface area (Å²) < 4.78 is 0. The maximum atomic E-state index is 12.8. The molecule has 1 aliphatic rings. The molecule has 1 aromatic rings. The summed E-state index contributed by atoms with van der Waals surface area (Å²) in [5.41, 5.74) is -1.34. The van der Waals surface area contributed by atoms with Crippen molar-refractivity contribution in [2.75, 3.05) is 6.54 Å². The fourth-order valence-corrected chi connectivity index (χ4v) is 3.36. The number of nitrogens with zero attached hydrogens (tertiary/aromatic N) is 3. The van der Waals surface area contributed by atoms with Crippen molar-refractivity contribution in [3.05, 3.63) is 42.9 Å². The Balaban J connectivity index is 2.43. The first kappa shape index (κ1) is 18.1. The van der Waals surface area contributed by atoms with Crippen molar-refractivity contribution >= 4 is 28.9 Å². The summed E-state index contributed by atoms with van der Waals surface area (Å²) in [7, 11) is 0. The van der Waals surface area contributed by atoms with E-state index in [0.717, 1.165) is 44.2 Å². The number of nitro benzene ring substituents is 2. The van der Waals surface area contributed by atoms with Crippen molar-refractivity contribution in [2.24, 2.45) is 0 Å². The quantitative estimate of drug-likeness (QED) is 0.587. The van der Waals surface area contributed by atoms with Gasteiger partial charge in [0.1, 0.15) is 0 Å². The minimum absolute atomic E-state index is 0.0602. The lowest BCUT2D eigenvalue weighted by Gasteiger charge is -2.33. The normalized spacial score (nSPS) is 15.1. The molecule has 0 N–H and O–H groups in total. The predicted molar refractivity (Wildman–Crippen MR) is 88.3 cm³/mol. The molecule has 0 atom stereocenters. The fourth-order valence-electron chi connectivity index (χ4n) is 3.11. The van der Waals surface area contributed by atoms with Gasteiger partial charge in [-0.1, -0.05) is 30.9 Å². The maximum absolute atomic E-state index is 12.8. The third-order valence-electron chi connectivity index (χ3n) is 4.29. The number of hydrogen-bond donors (Lipinski definition) is 0. The molecule has 24 heavy (non-hydrogen) atoms. The molecule has 8 nitrogen and oxygen atoms in total. The molecule has 1 fully saturated rings. The summed E-state index contributed by atoms with van der Waals surface area (Å²) in [6.07, 6.45) is 4.92. The van der Waals surface area contributed by atoms with Crippen LogP contribution in [0.1, 0.15) is 49.4 Å². The van der Waals surface area contributed by atoms with Gasteiger partial charge < -0.3 is 4.90 Å². The van der Waals surface area contributed by atoms with Gasteiger partial charge in [0.15, 0.2) is 5.02 Å². The van der Waals surface area contributed by atoms with Gasteiger partial charge in [0.05, 0.1) is 15.4 Å². The molecule has 0 unspecified atom stereocenters. The average molecular weight is 356 g/mol. The maximum Gasteiger partial charge on any atom is 0.295 e. The zero-order chi connectivity index (χ0) is 17.9. The Labute approximate surface area is 143 Å². The van der Waals surface area contributed by atoms with E-state index in [-0.39, 0.29) is 11.6 Å². The highest BCUT2D eigenvalue weighted by Crippen LogP contribution is 2.35. The minimum Gasteiger partial charge on any atom is -0.336 e. The summed E-state index contributed by atoms with van der Waals surface area (Å²) in [6, 6.07) is 2.09. The molecule has 0 radical (unpaired) electrons. The van der Waals surface area contributed by atoms with Crippen molar-refractivity contribution < 1.29 is 14.6 Å². The monoisotopic (exact) mass is 355 g/mol. The van der Waals surface area contributed by atoms with Crippen LogP contribution in [0.2, 0.25) is 5.02 Å². The van der Waals surface area contributed by atoms with Crippen LogP contribution in [0.3, 0.4) is 0 Å². The van der Waals surface area contributed by atoms with Crippen LogP contribution in [0.15, 0.2) is 12.1 Å². The number of amides is 1. The van der Waals surface area contributed by atoms with Crippen LogP contribution in [0.5, 0.6) is 0 Å². The van der Waals surface area contributed by atoms with Gasteiger partial charge in [-0.05, 0) is 19.8 Å². The summed E-state index contributed by atoms with van der Waals surface area (Å²) in [4.78, 5) is 34.9. The first-order valence-corrected chi connectivity index (χ1v) is 8.17. The zero-order valence-corrected chi connectivity index (χ0v) is 14.0. The molecule has 0 heterocycles. The van der Waals surface area contributed by atoms with E-state index in [1.807, 2.05) is 6.92 Å². The first-order valence-electron chi connectivity index (χ1n) is 7.80. The van der Waals surface area contributed by atoms with Gasteiger partial charge in [0.2, 0.25) is 0 Å². The fraction of sp³-hybridized carbons (Fsp3) is 0.533. The Bertz CT molecular complexity index is 638. The summed E-state index contributed by atoms with van der Waals surface area (Å²) in [5, 5.41) is 21.6. The Morgan fingerprint density at radius 1 is 1.17 bits per heavy atom. The van der Waals surface area contributed by atoms with E-state index in [1.54, 1.807) is 4.90 Å². The third-order valence-corrected chi connectivity index (χ3v) is 4.68. The average Bonchev–Trinajstić information content (AvgIpc) is 2.56. The van der Waals surface area contributed by atoms with Gasteiger partial charge in [-0.3, -0.25) is 25.0 Å². The van der Waals surface area contributed by atoms with Crippen LogP contribution in [0, 0.1) is 20.2 Å². The van der Waals surface area contributed by atoms with Gasteiger partial charge >= 0.3 is 0 Å². The number of halogens is 1. The molecule has 9 heteroatoms. The zero-order valence-electron chi connectivity index (χ0n) is 13.2. The SMILES string of the molecule is CCN(C(=O)c1cc([N+](=O)[O-])c(Cl)c([N+](=O)[O-])c1)C1CCCCC1. The Morgan fingerprint density at radius 3 is 2.08 bits per heavy atom. The molecule has 0 bridgehead atoms. The highest BCUT2D eigenvalue weighted by atomic mass is 35.5. The molecule has 0 saturated heterocycles. The molecular weight excluding hydrogens is 338 g/mol. The van der Waals surface area contributed by atoms with E-state index >= 15 is 0 Å². The molecule has 2 rings (SSSR count).